The van der Waals surface area contributed by atoms with Gasteiger partial charge in [-0.3, -0.25) is 4.90 Å². The Labute approximate surface area is 138 Å². The summed E-state index contributed by atoms with van der Waals surface area (Å²) in [5.74, 6) is 1.24. The second-order valence-corrected chi connectivity index (χ2v) is 6.42. The fourth-order valence-corrected chi connectivity index (χ4v) is 2.80. The van der Waals surface area contributed by atoms with E-state index in [1.807, 2.05) is 0 Å². The fourth-order valence-electron chi connectivity index (χ4n) is 2.80. The van der Waals surface area contributed by atoms with Gasteiger partial charge < -0.3 is 10.2 Å². The van der Waals surface area contributed by atoms with E-state index in [1.165, 1.54) is 9.80 Å². The predicted molar refractivity (Wildman–Crippen MR) is 81.7 cm³/mol. The third kappa shape index (κ3) is 4.34. The third-order valence-corrected chi connectivity index (χ3v) is 4.30. The molecule has 3 rings (SSSR count). The van der Waals surface area contributed by atoms with Crippen LogP contribution in [0.3, 0.4) is 0 Å². The van der Waals surface area contributed by atoms with Crippen LogP contribution < -0.4 is 5.32 Å². The number of halogens is 3. The zero-order valence-electron chi connectivity index (χ0n) is 13.4. The number of piperazine rings is 1. The van der Waals surface area contributed by atoms with Crippen molar-refractivity contribution in [2.24, 2.45) is 0 Å². The van der Waals surface area contributed by atoms with Gasteiger partial charge in [0.15, 0.2) is 0 Å². The molecular formula is C15H20F3N5O. The fraction of sp³-hybridized carbons (Fsp3) is 0.667. The van der Waals surface area contributed by atoms with Gasteiger partial charge in [-0.2, -0.15) is 13.2 Å². The topological polar surface area (TPSA) is 61.4 Å². The minimum atomic E-state index is -4.22. The van der Waals surface area contributed by atoms with Crippen molar-refractivity contribution in [3.63, 3.8) is 0 Å². The molecule has 2 aliphatic rings. The monoisotopic (exact) mass is 343 g/mol. The average molecular weight is 343 g/mol. The number of hydrogen-bond donors (Lipinski definition) is 1. The van der Waals surface area contributed by atoms with Gasteiger partial charge in [-0.1, -0.05) is 0 Å². The molecule has 0 unspecified atom stereocenters. The first-order valence-electron chi connectivity index (χ1n) is 8.00. The van der Waals surface area contributed by atoms with Crippen LogP contribution in [0.15, 0.2) is 12.4 Å². The summed E-state index contributed by atoms with van der Waals surface area (Å²) in [6.07, 6.45) is 1.13. The molecule has 132 valence electrons. The van der Waals surface area contributed by atoms with Crippen molar-refractivity contribution >= 4 is 11.7 Å². The number of anilines is 1. The molecule has 6 nitrogen and oxygen atoms in total. The van der Waals surface area contributed by atoms with Gasteiger partial charge in [-0.05, 0) is 19.8 Å². The van der Waals surface area contributed by atoms with E-state index >= 15 is 0 Å². The second-order valence-electron chi connectivity index (χ2n) is 6.42. The molecule has 2 fully saturated rings. The van der Waals surface area contributed by atoms with Crippen molar-refractivity contribution in [1.82, 2.24) is 19.8 Å². The molecule has 9 heteroatoms. The highest BCUT2D eigenvalue weighted by molar-refractivity contribution is 5.89. The Hall–Kier alpha value is -1.90. The number of aromatic nitrogens is 2. The van der Waals surface area contributed by atoms with E-state index in [2.05, 4.69) is 15.3 Å². The first kappa shape index (κ1) is 16.9. The van der Waals surface area contributed by atoms with Crippen molar-refractivity contribution in [3.8, 4) is 0 Å². The normalized spacial score (nSPS) is 22.5. The molecular weight excluding hydrogens is 323 g/mol. The van der Waals surface area contributed by atoms with E-state index in [1.54, 1.807) is 19.3 Å². The van der Waals surface area contributed by atoms with E-state index in [9.17, 15) is 18.0 Å². The van der Waals surface area contributed by atoms with Crippen LogP contribution >= 0.6 is 0 Å². The molecule has 1 N–H and O–H groups in total. The quantitative estimate of drug-likeness (QED) is 0.916. The van der Waals surface area contributed by atoms with Gasteiger partial charge in [0.2, 0.25) is 0 Å². The summed E-state index contributed by atoms with van der Waals surface area (Å²) >= 11 is 0. The lowest BCUT2D eigenvalue weighted by molar-refractivity contribution is -0.153. The van der Waals surface area contributed by atoms with E-state index < -0.39 is 12.7 Å². The maximum atomic E-state index is 12.5. The lowest BCUT2D eigenvalue weighted by Crippen LogP contribution is -2.56. The molecule has 0 bridgehead atoms. The van der Waals surface area contributed by atoms with E-state index in [0.717, 1.165) is 18.7 Å². The predicted octanol–water partition coefficient (Wildman–Crippen LogP) is 2.45. The maximum absolute atomic E-state index is 12.5. The van der Waals surface area contributed by atoms with Gasteiger partial charge >= 0.3 is 12.2 Å². The summed E-state index contributed by atoms with van der Waals surface area (Å²) < 4.78 is 37.5. The largest absolute Gasteiger partial charge is 0.401 e. The van der Waals surface area contributed by atoms with Gasteiger partial charge in [-0.25, -0.2) is 14.8 Å². The Morgan fingerprint density at radius 1 is 1.29 bits per heavy atom. The lowest BCUT2D eigenvalue weighted by Gasteiger charge is -2.39. The number of urea groups is 1. The zero-order chi connectivity index (χ0) is 17.3. The molecule has 1 saturated carbocycles. The van der Waals surface area contributed by atoms with Crippen molar-refractivity contribution in [2.75, 3.05) is 31.5 Å². The minimum Gasteiger partial charge on any atom is -0.322 e. The van der Waals surface area contributed by atoms with Crippen LogP contribution in [-0.2, 0) is 0 Å². The van der Waals surface area contributed by atoms with Crippen LogP contribution in [0.2, 0.25) is 0 Å². The maximum Gasteiger partial charge on any atom is 0.401 e. The Kier molecular flexibility index (Phi) is 4.62. The van der Waals surface area contributed by atoms with Crippen molar-refractivity contribution in [1.29, 1.82) is 0 Å². The van der Waals surface area contributed by atoms with Crippen LogP contribution in [0.1, 0.15) is 31.5 Å². The van der Waals surface area contributed by atoms with Gasteiger partial charge in [-0.15, -0.1) is 0 Å². The van der Waals surface area contributed by atoms with Gasteiger partial charge in [0.1, 0.15) is 5.82 Å². The Morgan fingerprint density at radius 3 is 2.50 bits per heavy atom. The van der Waals surface area contributed by atoms with Crippen molar-refractivity contribution in [2.45, 2.75) is 37.9 Å². The first-order valence-corrected chi connectivity index (χ1v) is 8.00. The molecule has 0 aromatic carbocycles. The van der Waals surface area contributed by atoms with Gasteiger partial charge in [0.25, 0.3) is 0 Å². The molecule has 1 aliphatic heterocycles. The van der Waals surface area contributed by atoms with E-state index in [0.29, 0.717) is 11.6 Å². The number of carbonyl (C=O) groups excluding carboxylic acids is 1. The SMILES string of the molecule is C[C@H]1CN(C(=O)Nc2cnc(C3CC3)nc2)CCN1CC(F)(F)F. The molecule has 2 amide bonds. The number of rotatable bonds is 3. The minimum absolute atomic E-state index is 0.200. The van der Waals surface area contributed by atoms with E-state index in [-0.39, 0.29) is 31.7 Å². The average Bonchev–Trinajstić information content (AvgIpc) is 3.33. The van der Waals surface area contributed by atoms with Crippen molar-refractivity contribution < 1.29 is 18.0 Å². The Balaban J connectivity index is 1.52. The molecule has 1 saturated heterocycles. The number of hydrogen-bond acceptors (Lipinski definition) is 4. The van der Waals surface area contributed by atoms with Crippen LogP contribution in [-0.4, -0.2) is 64.2 Å². The summed E-state index contributed by atoms with van der Waals surface area (Å²) in [5.41, 5.74) is 0.495. The number of amides is 2. The van der Waals surface area contributed by atoms with Crippen LogP contribution in [0, 0.1) is 0 Å². The van der Waals surface area contributed by atoms with Crippen LogP contribution in [0.4, 0.5) is 23.7 Å². The Bertz CT molecular complexity index is 588. The summed E-state index contributed by atoms with van der Waals surface area (Å²) in [6.45, 7) is 1.46. The number of nitrogens with zero attached hydrogens (tertiary/aromatic N) is 4. The summed E-state index contributed by atoms with van der Waals surface area (Å²) in [4.78, 5) is 23.6. The molecule has 1 atom stereocenters. The number of carbonyl (C=O) groups is 1. The summed E-state index contributed by atoms with van der Waals surface area (Å²) in [5, 5.41) is 2.70. The Morgan fingerprint density at radius 2 is 1.96 bits per heavy atom. The van der Waals surface area contributed by atoms with Gasteiger partial charge in [0, 0.05) is 31.6 Å². The zero-order valence-corrected chi connectivity index (χ0v) is 13.4. The second kappa shape index (κ2) is 6.54. The highest BCUT2D eigenvalue weighted by Crippen LogP contribution is 2.37. The molecule has 1 aromatic heterocycles. The third-order valence-electron chi connectivity index (χ3n) is 4.30. The highest BCUT2D eigenvalue weighted by atomic mass is 19.4. The van der Waals surface area contributed by atoms with Crippen molar-refractivity contribution in [3.05, 3.63) is 18.2 Å². The molecule has 24 heavy (non-hydrogen) atoms. The molecule has 0 radical (unpaired) electrons. The van der Waals surface area contributed by atoms with Crippen LogP contribution in [0.25, 0.3) is 0 Å². The molecule has 1 aliphatic carbocycles. The smallest absolute Gasteiger partial charge is 0.322 e. The standard InChI is InChI=1S/C15H20F3N5O/c1-10-8-22(4-5-23(10)9-15(16,17)18)14(24)21-12-6-19-13(20-7-12)11-2-3-11/h6-7,10-11H,2-5,8-9H2,1H3,(H,21,24)/t10-/m0/s1. The van der Waals surface area contributed by atoms with Crippen LogP contribution in [0.5, 0.6) is 0 Å². The first-order chi connectivity index (χ1) is 11.3. The number of alkyl halides is 3. The van der Waals surface area contributed by atoms with E-state index in [4.69, 9.17) is 0 Å². The number of nitrogens with one attached hydrogen (secondary N) is 1. The molecule has 0 spiro atoms. The van der Waals surface area contributed by atoms with Gasteiger partial charge in [0.05, 0.1) is 24.6 Å². The summed E-state index contributed by atoms with van der Waals surface area (Å²) in [6, 6.07) is -0.684. The molecule has 1 aromatic rings. The highest BCUT2D eigenvalue weighted by Gasteiger charge is 2.36. The molecule has 2 heterocycles. The lowest BCUT2D eigenvalue weighted by atomic mass is 10.2. The summed E-state index contributed by atoms with van der Waals surface area (Å²) in [7, 11) is 0.